The van der Waals surface area contributed by atoms with Crippen LogP contribution in [-0.2, 0) is 5.91 Å². The number of aromatic nitrogens is 1. The fourth-order valence-corrected chi connectivity index (χ4v) is 11.2. The van der Waals surface area contributed by atoms with Gasteiger partial charge in [0.2, 0.25) is 23.3 Å². The summed E-state index contributed by atoms with van der Waals surface area (Å²) in [7, 11) is 0. The lowest BCUT2D eigenvalue weighted by molar-refractivity contribution is -0.824. The highest BCUT2D eigenvalue weighted by Crippen LogP contribution is 2.58. The number of hydrogen-bond donors (Lipinski definition) is 0. The van der Waals surface area contributed by atoms with Gasteiger partial charge in [-0.3, -0.25) is 0 Å². The summed E-state index contributed by atoms with van der Waals surface area (Å²) >= 11 is 0. The molecule has 8 heteroatoms. The van der Waals surface area contributed by atoms with E-state index in [4.69, 9.17) is 20.0 Å². The minimum absolute atomic E-state index is 0.324. The summed E-state index contributed by atoms with van der Waals surface area (Å²) in [5.74, 6) is 2.68. The molecule has 0 saturated carbocycles. The Balaban J connectivity index is 1.16. The van der Waals surface area contributed by atoms with E-state index >= 15 is 0 Å². The minimum atomic E-state index is -0.991. The Labute approximate surface area is 322 Å². The zero-order valence-corrected chi connectivity index (χ0v) is 30.1. The van der Waals surface area contributed by atoms with Crippen molar-refractivity contribution in [1.82, 2.24) is 9.47 Å². The average molecular weight is 727 g/mol. The van der Waals surface area contributed by atoms with Gasteiger partial charge < -0.3 is 0 Å². The van der Waals surface area contributed by atoms with E-state index in [9.17, 15) is 0 Å². The Hall–Kier alpha value is -7.42. The van der Waals surface area contributed by atoms with Crippen molar-refractivity contribution in [3.8, 4) is 0 Å². The Morgan fingerprint density at radius 2 is 0.772 bits per heavy atom. The normalized spacial score (nSPS) is 22.4. The number of benzene rings is 8. The number of aliphatic imine (C=N–C) groups is 2. The van der Waals surface area contributed by atoms with Gasteiger partial charge in [0.25, 0.3) is 23.3 Å². The summed E-state index contributed by atoms with van der Waals surface area (Å²) in [6.07, 6.45) is -0.648. The van der Waals surface area contributed by atoms with Crippen molar-refractivity contribution in [2.45, 2.75) is 18.2 Å². The van der Waals surface area contributed by atoms with Crippen molar-refractivity contribution in [2.24, 2.45) is 20.0 Å². The Bertz CT molecular complexity index is 3600. The monoisotopic (exact) mass is 726 g/mol. The quantitative estimate of drug-likeness (QED) is 0.149. The van der Waals surface area contributed by atoms with Gasteiger partial charge in [-0.25, -0.2) is 0 Å². The molecule has 0 radical (unpaired) electrons. The van der Waals surface area contributed by atoms with Gasteiger partial charge in [0.05, 0.1) is 22.3 Å². The molecule has 2 unspecified atom stereocenters. The van der Waals surface area contributed by atoms with Crippen molar-refractivity contribution < 1.29 is 9.15 Å². The molecule has 0 aliphatic carbocycles. The van der Waals surface area contributed by atoms with Gasteiger partial charge in [-0.2, -0.15) is 13.7 Å². The van der Waals surface area contributed by atoms with E-state index in [1.807, 2.05) is 0 Å². The minimum Gasteiger partial charge on any atom is -0.198 e. The first-order valence-corrected chi connectivity index (χ1v) is 19.6. The maximum Gasteiger partial charge on any atom is 0.380 e. The summed E-state index contributed by atoms with van der Waals surface area (Å²) in [6, 6.07) is 53.3. The van der Waals surface area contributed by atoms with Crippen LogP contribution in [0.3, 0.4) is 0 Å². The highest BCUT2D eigenvalue weighted by atomic mass is 15.7. The molecule has 2 atom stereocenters. The summed E-state index contributed by atoms with van der Waals surface area (Å²) in [6.45, 7) is 0. The number of nitrogens with zero attached hydrogens (tertiary/aromatic N) is 8. The molecule has 7 aliphatic rings. The summed E-state index contributed by atoms with van der Waals surface area (Å²) in [5, 5.41) is 11.7. The number of fused-ring (bicyclic) bond motifs is 16. The summed E-state index contributed by atoms with van der Waals surface area (Å²) in [5.41, 5.74) is 8.59. The van der Waals surface area contributed by atoms with Crippen LogP contribution in [0.4, 0.5) is 0 Å². The average Bonchev–Trinajstić information content (AvgIpc) is 3.95. The van der Waals surface area contributed by atoms with Crippen molar-refractivity contribution >= 4 is 77.2 Å². The topological polar surface area (TPSA) is 63.6 Å². The molecule has 8 aromatic carbocycles. The molecule has 16 rings (SSSR count). The van der Waals surface area contributed by atoms with Gasteiger partial charge in [0.15, 0.2) is 0 Å². The predicted molar refractivity (Wildman–Crippen MR) is 221 cm³/mol. The fourth-order valence-electron chi connectivity index (χ4n) is 11.2. The van der Waals surface area contributed by atoms with Crippen LogP contribution in [-0.4, -0.2) is 42.0 Å². The number of rotatable bonds is 0. The third-order valence-corrected chi connectivity index (χ3v) is 13.6. The van der Waals surface area contributed by atoms with Gasteiger partial charge >= 0.3 is 5.91 Å². The van der Waals surface area contributed by atoms with Crippen LogP contribution in [0, 0.1) is 0 Å². The van der Waals surface area contributed by atoms with Crippen LogP contribution in [0.15, 0.2) is 166 Å². The molecule has 9 aromatic rings. The smallest absolute Gasteiger partial charge is 0.198 e. The van der Waals surface area contributed by atoms with E-state index in [-0.39, 0.29) is 12.3 Å². The van der Waals surface area contributed by atoms with Crippen molar-refractivity contribution in [2.75, 3.05) is 0 Å². The van der Waals surface area contributed by atoms with E-state index in [2.05, 4.69) is 164 Å². The van der Waals surface area contributed by atoms with E-state index in [1.54, 1.807) is 0 Å². The summed E-state index contributed by atoms with van der Waals surface area (Å²) < 4.78 is 7.32. The van der Waals surface area contributed by atoms with Crippen molar-refractivity contribution in [3.05, 3.63) is 190 Å². The lowest BCUT2D eigenvalue weighted by Crippen LogP contribution is -2.76. The van der Waals surface area contributed by atoms with Crippen LogP contribution in [0.2, 0.25) is 0 Å². The van der Waals surface area contributed by atoms with Crippen LogP contribution < -0.4 is 11.0 Å². The second kappa shape index (κ2) is 8.99. The van der Waals surface area contributed by atoms with E-state index in [1.165, 1.54) is 54.2 Å². The molecule has 7 aliphatic heterocycles. The third kappa shape index (κ3) is 2.96. The lowest BCUT2D eigenvalue weighted by atomic mass is 10.00. The number of hydrogen-bond acceptors (Lipinski definition) is 5. The van der Waals surface area contributed by atoms with Crippen LogP contribution >= 0.6 is 0 Å². The molecule has 57 heavy (non-hydrogen) atoms. The maximum atomic E-state index is 5.82. The van der Waals surface area contributed by atoms with Crippen molar-refractivity contribution in [3.63, 3.8) is 0 Å². The molecule has 0 bridgehead atoms. The second-order valence-electron chi connectivity index (χ2n) is 16.2. The van der Waals surface area contributed by atoms with E-state index in [0.29, 0.717) is 0 Å². The SMILES string of the molecule is c1ccc2cc3c(cc2c1)C1=NC2c4cc5ccccc5cc4C4N=C5c6cc7ccccc7cc6C6=[N+]5C5(N24)n2c(c4cc7ccccc7cc4c2=N6)=NC3=[N+]15. The van der Waals surface area contributed by atoms with E-state index < -0.39 is 5.91 Å². The van der Waals surface area contributed by atoms with Gasteiger partial charge in [0, 0.05) is 21.9 Å². The maximum absolute atomic E-state index is 5.82. The van der Waals surface area contributed by atoms with Gasteiger partial charge in [-0.05, 0) is 91.6 Å². The zero-order valence-electron chi connectivity index (χ0n) is 30.1. The van der Waals surface area contributed by atoms with E-state index in [0.717, 1.165) is 67.3 Å². The van der Waals surface area contributed by atoms with Crippen molar-refractivity contribution in [1.29, 1.82) is 0 Å². The fraction of sp³-hybridized carbons (Fsp3) is 0.0612. The molecule has 8 heterocycles. The highest BCUT2D eigenvalue weighted by Gasteiger charge is 2.75. The van der Waals surface area contributed by atoms with Gasteiger partial charge in [-0.15, -0.1) is 14.9 Å². The molecule has 0 fully saturated rings. The molecule has 0 amide bonds. The lowest BCUT2D eigenvalue weighted by Gasteiger charge is -2.47. The van der Waals surface area contributed by atoms with Crippen LogP contribution in [0.5, 0.6) is 0 Å². The van der Waals surface area contributed by atoms with Crippen LogP contribution in [0.25, 0.3) is 53.9 Å². The molecule has 0 N–H and O–H groups in total. The molecular formula is C49H26N8+2. The Morgan fingerprint density at radius 3 is 1.18 bits per heavy atom. The predicted octanol–water partition coefficient (Wildman–Crippen LogP) is 7.57. The first-order valence-electron chi connectivity index (χ1n) is 19.6. The second-order valence-corrected chi connectivity index (χ2v) is 16.2. The third-order valence-electron chi connectivity index (χ3n) is 13.6. The Kier molecular flexibility index (Phi) is 4.43. The molecule has 1 spiro atoms. The first kappa shape index (κ1) is 28.1. The Morgan fingerprint density at radius 1 is 0.421 bits per heavy atom. The molecule has 8 nitrogen and oxygen atoms in total. The first-order chi connectivity index (χ1) is 28.2. The largest absolute Gasteiger partial charge is 0.380 e. The highest BCUT2D eigenvalue weighted by molar-refractivity contribution is 6.20. The molecule has 1 aromatic heterocycles. The standard InChI is InChI=1S/C49H26N8/c1-2-10-26-18-34-33(17-25(26)9-1)41-50-43-35-19-27-11-3-4-12-28(27)20-36(35)45-52-47-39-23-31-15-7-8-16-32(31)24-40(39)48-53-46-38-22-30-14-6-5-13-29(30)21-37(38)44-51-42(34)54(41)49(55(43)45,56(44)46)57(47)48/h1-24,41-42H/q+2. The van der Waals surface area contributed by atoms with Crippen LogP contribution in [0.1, 0.15) is 45.7 Å². The summed E-state index contributed by atoms with van der Waals surface area (Å²) in [4.78, 5) is 25.7. The molecule has 0 saturated heterocycles. The van der Waals surface area contributed by atoms with Gasteiger partial charge in [0.1, 0.15) is 0 Å². The molecular weight excluding hydrogens is 701 g/mol. The number of amidine groups is 4. The molecule has 260 valence electrons. The zero-order chi connectivity index (χ0) is 36.5. The van der Waals surface area contributed by atoms with Gasteiger partial charge in [-0.1, -0.05) is 107 Å².